The van der Waals surface area contributed by atoms with Crippen LogP contribution in [-0.4, -0.2) is 17.5 Å². The van der Waals surface area contributed by atoms with Gasteiger partial charge in [-0.3, -0.25) is 14.4 Å². The number of thiophene rings is 2. The monoisotopic (exact) mass is 457 g/mol. The number of carbonyl (C=O) groups is 3. The predicted molar refractivity (Wildman–Crippen MR) is 122 cm³/mol. The zero-order chi connectivity index (χ0) is 22.4. The summed E-state index contributed by atoms with van der Waals surface area (Å²) in [6.45, 7) is 3.76. The number of halogens is 1. The summed E-state index contributed by atoms with van der Waals surface area (Å²) >= 11 is 2.98. The van der Waals surface area contributed by atoms with Crippen LogP contribution in [0, 0.1) is 23.6 Å². The molecule has 2 heterocycles. The van der Waals surface area contributed by atoms with Crippen LogP contribution in [0.15, 0.2) is 59.3 Å². The van der Waals surface area contributed by atoms with Crippen LogP contribution in [0.2, 0.25) is 0 Å². The molecule has 3 rings (SSSR count). The Morgan fingerprint density at radius 3 is 2.10 bits per heavy atom. The molecule has 0 saturated heterocycles. The van der Waals surface area contributed by atoms with Crippen LogP contribution in [0.4, 0.5) is 4.39 Å². The number of amides is 1. The summed E-state index contributed by atoms with van der Waals surface area (Å²) in [5.74, 6) is -3.93. The van der Waals surface area contributed by atoms with E-state index in [2.05, 4.69) is 5.32 Å². The molecule has 0 bridgehead atoms. The van der Waals surface area contributed by atoms with E-state index in [0.29, 0.717) is 6.54 Å². The van der Waals surface area contributed by atoms with Gasteiger partial charge in [-0.15, -0.1) is 22.7 Å². The lowest BCUT2D eigenvalue weighted by Crippen LogP contribution is -2.44. The summed E-state index contributed by atoms with van der Waals surface area (Å²) in [5.41, 5.74) is 0.288. The first-order chi connectivity index (χ1) is 14.9. The van der Waals surface area contributed by atoms with Crippen LogP contribution < -0.4 is 5.32 Å². The van der Waals surface area contributed by atoms with E-state index in [9.17, 15) is 18.8 Å². The zero-order valence-electron chi connectivity index (χ0n) is 17.3. The molecule has 1 aromatic carbocycles. The van der Waals surface area contributed by atoms with Crippen molar-refractivity contribution in [3.8, 4) is 0 Å². The highest BCUT2D eigenvalue weighted by molar-refractivity contribution is 7.10. The molecule has 2 aromatic heterocycles. The number of rotatable bonds is 10. The van der Waals surface area contributed by atoms with Crippen molar-refractivity contribution < 1.29 is 18.8 Å². The van der Waals surface area contributed by atoms with Crippen LogP contribution in [-0.2, 0) is 22.6 Å². The van der Waals surface area contributed by atoms with Crippen molar-refractivity contribution in [1.29, 1.82) is 0 Å². The highest BCUT2D eigenvalue weighted by Gasteiger charge is 2.40. The number of hydrogen-bond donors (Lipinski definition) is 1. The molecule has 0 aliphatic heterocycles. The first-order valence-corrected chi connectivity index (χ1v) is 11.8. The zero-order valence-corrected chi connectivity index (χ0v) is 19.0. The molecule has 0 saturated carbocycles. The molecule has 2 atom stereocenters. The molecule has 0 aliphatic rings. The van der Waals surface area contributed by atoms with Crippen molar-refractivity contribution in [1.82, 2.24) is 5.32 Å². The average molecular weight is 458 g/mol. The molecule has 0 fully saturated rings. The van der Waals surface area contributed by atoms with Gasteiger partial charge in [0, 0.05) is 27.2 Å². The largest absolute Gasteiger partial charge is 0.351 e. The van der Waals surface area contributed by atoms with Gasteiger partial charge in [-0.2, -0.15) is 0 Å². The number of carbonyl (C=O) groups excluding carboxylic acids is 3. The highest BCUT2D eigenvalue weighted by Crippen LogP contribution is 2.28. The summed E-state index contributed by atoms with van der Waals surface area (Å²) in [5, 5.41) is 6.64. The number of hydrogen-bond acceptors (Lipinski definition) is 5. The topological polar surface area (TPSA) is 63.2 Å². The molecule has 2 unspecified atom stereocenters. The van der Waals surface area contributed by atoms with Crippen LogP contribution >= 0.6 is 22.7 Å². The Morgan fingerprint density at radius 1 is 0.935 bits per heavy atom. The van der Waals surface area contributed by atoms with E-state index in [-0.39, 0.29) is 23.6 Å². The highest BCUT2D eigenvalue weighted by atomic mass is 32.1. The van der Waals surface area contributed by atoms with Crippen LogP contribution in [0.5, 0.6) is 0 Å². The molecular formula is C24H24FNO3S2. The molecule has 0 spiro atoms. The summed E-state index contributed by atoms with van der Waals surface area (Å²) in [7, 11) is 0. The standard InChI is InChI=1S/C24H24FNO3S2/c1-15(2)22(27)21(24(29)26-14-19-6-4-12-31-19)20(13-18-5-3-11-30-18)23(28)16-7-9-17(25)10-8-16/h3-12,15,20-21H,13-14H2,1-2H3,(H,26,29). The maximum Gasteiger partial charge on any atom is 0.231 e. The van der Waals surface area contributed by atoms with E-state index in [0.717, 1.165) is 9.75 Å². The fourth-order valence-corrected chi connectivity index (χ4v) is 4.81. The maximum atomic E-state index is 13.4. The van der Waals surface area contributed by atoms with Gasteiger partial charge in [-0.1, -0.05) is 26.0 Å². The minimum Gasteiger partial charge on any atom is -0.351 e. The van der Waals surface area contributed by atoms with Gasteiger partial charge in [0.15, 0.2) is 5.78 Å². The molecule has 0 radical (unpaired) electrons. The molecule has 162 valence electrons. The first-order valence-electron chi connectivity index (χ1n) is 10.0. The van der Waals surface area contributed by atoms with E-state index in [4.69, 9.17) is 0 Å². The molecular weight excluding hydrogens is 433 g/mol. The lowest BCUT2D eigenvalue weighted by molar-refractivity contribution is -0.137. The second-order valence-corrected chi connectivity index (χ2v) is 9.66. The summed E-state index contributed by atoms with van der Waals surface area (Å²) in [4.78, 5) is 41.7. The van der Waals surface area contributed by atoms with Crippen molar-refractivity contribution in [2.75, 3.05) is 0 Å². The van der Waals surface area contributed by atoms with Gasteiger partial charge in [0.05, 0.1) is 6.54 Å². The van der Waals surface area contributed by atoms with Crippen molar-refractivity contribution in [3.05, 3.63) is 80.4 Å². The Morgan fingerprint density at radius 2 is 1.55 bits per heavy atom. The van der Waals surface area contributed by atoms with Gasteiger partial charge in [0.2, 0.25) is 5.91 Å². The Labute approximate surface area is 189 Å². The van der Waals surface area contributed by atoms with E-state index in [1.54, 1.807) is 13.8 Å². The quantitative estimate of drug-likeness (QED) is 0.338. The van der Waals surface area contributed by atoms with Crippen molar-refractivity contribution in [3.63, 3.8) is 0 Å². The van der Waals surface area contributed by atoms with Crippen LogP contribution in [0.25, 0.3) is 0 Å². The molecule has 0 aliphatic carbocycles. The second-order valence-electron chi connectivity index (χ2n) is 7.59. The molecule has 3 aromatic rings. The van der Waals surface area contributed by atoms with E-state index >= 15 is 0 Å². The molecule has 7 heteroatoms. The van der Waals surface area contributed by atoms with Gasteiger partial charge in [-0.05, 0) is 53.6 Å². The Kier molecular flexibility index (Phi) is 7.87. The average Bonchev–Trinajstić information content (AvgIpc) is 3.45. The number of benzene rings is 1. The van der Waals surface area contributed by atoms with Gasteiger partial charge >= 0.3 is 0 Å². The SMILES string of the molecule is CC(C)C(=O)C(C(=O)NCc1cccs1)C(Cc1cccs1)C(=O)c1ccc(F)cc1. The number of nitrogens with one attached hydrogen (secondary N) is 1. The first kappa shape index (κ1) is 23.0. The van der Waals surface area contributed by atoms with Crippen LogP contribution in [0.1, 0.15) is 34.0 Å². The molecule has 1 amide bonds. The van der Waals surface area contributed by atoms with Crippen molar-refractivity contribution >= 4 is 40.1 Å². The van der Waals surface area contributed by atoms with Gasteiger partial charge < -0.3 is 5.32 Å². The Balaban J connectivity index is 1.94. The van der Waals surface area contributed by atoms with Gasteiger partial charge in [0.1, 0.15) is 17.5 Å². The van der Waals surface area contributed by atoms with E-state index < -0.39 is 29.5 Å². The Hall–Kier alpha value is -2.64. The lowest BCUT2D eigenvalue weighted by atomic mass is 9.77. The van der Waals surface area contributed by atoms with Gasteiger partial charge in [-0.25, -0.2) is 4.39 Å². The third kappa shape index (κ3) is 5.95. The molecule has 4 nitrogen and oxygen atoms in total. The Bertz CT molecular complexity index is 1010. The predicted octanol–water partition coefficient (Wildman–Crippen LogP) is 5.15. The fraction of sp³-hybridized carbons (Fsp3) is 0.292. The smallest absolute Gasteiger partial charge is 0.231 e. The normalized spacial score (nSPS) is 13.0. The minimum absolute atomic E-state index is 0.267. The lowest BCUT2D eigenvalue weighted by Gasteiger charge is -2.26. The van der Waals surface area contributed by atoms with Gasteiger partial charge in [0.25, 0.3) is 0 Å². The van der Waals surface area contributed by atoms with Crippen molar-refractivity contribution in [2.45, 2.75) is 26.8 Å². The number of Topliss-reactive ketones (excluding diaryl/α,β-unsaturated/α-hetero) is 2. The third-order valence-corrected chi connectivity index (χ3v) is 6.82. The molecule has 1 N–H and O–H groups in total. The maximum absolute atomic E-state index is 13.4. The molecule has 31 heavy (non-hydrogen) atoms. The summed E-state index contributed by atoms with van der Waals surface area (Å²) in [6.07, 6.45) is 0.267. The van der Waals surface area contributed by atoms with Crippen LogP contribution in [0.3, 0.4) is 0 Å². The summed E-state index contributed by atoms with van der Waals surface area (Å²) in [6, 6.07) is 12.8. The minimum atomic E-state index is -1.13. The second kappa shape index (κ2) is 10.6. The fourth-order valence-electron chi connectivity index (χ4n) is 3.40. The van der Waals surface area contributed by atoms with E-state index in [1.165, 1.54) is 46.9 Å². The van der Waals surface area contributed by atoms with E-state index in [1.807, 2.05) is 35.0 Å². The third-order valence-electron chi connectivity index (χ3n) is 5.04. The van der Waals surface area contributed by atoms with Crippen molar-refractivity contribution in [2.24, 2.45) is 17.8 Å². The summed E-state index contributed by atoms with van der Waals surface area (Å²) < 4.78 is 13.4. The number of ketones is 2.